The molecule has 0 aliphatic carbocycles. The number of esters is 1. The Morgan fingerprint density at radius 2 is 2.18 bits per heavy atom. The summed E-state index contributed by atoms with van der Waals surface area (Å²) in [7, 11) is 0. The Morgan fingerprint density at radius 1 is 1.47 bits per heavy atom. The largest absolute Gasteiger partial charge is 0.457 e. The van der Waals surface area contributed by atoms with Crippen molar-refractivity contribution in [1.82, 2.24) is 0 Å². The number of rotatable bonds is 5. The molecule has 3 nitrogen and oxygen atoms in total. The van der Waals surface area contributed by atoms with E-state index in [1.165, 1.54) is 0 Å². The number of hydrogen-bond donors (Lipinski definition) is 0. The lowest BCUT2D eigenvalue weighted by Crippen LogP contribution is -2.06. The van der Waals surface area contributed by atoms with Crippen molar-refractivity contribution >= 4 is 5.97 Å². The number of carbonyl (C=O) groups is 1. The van der Waals surface area contributed by atoms with Crippen LogP contribution in [0.25, 0.3) is 0 Å². The summed E-state index contributed by atoms with van der Waals surface area (Å²) < 4.78 is 10.3. The van der Waals surface area contributed by atoms with Crippen LogP contribution in [0.2, 0.25) is 0 Å². The molecule has 0 spiro atoms. The second-order valence-electron chi connectivity index (χ2n) is 4.14. The van der Waals surface area contributed by atoms with Gasteiger partial charge in [0.2, 0.25) is 0 Å². The molecule has 2 rings (SSSR count). The quantitative estimate of drug-likeness (QED) is 0.444. The molecule has 0 radical (unpaired) electrons. The summed E-state index contributed by atoms with van der Waals surface area (Å²) in [4.78, 5) is 11.6. The molecular formula is C14H16O3. The number of hydrogen-bond acceptors (Lipinski definition) is 3. The van der Waals surface area contributed by atoms with Crippen LogP contribution in [0, 0.1) is 0 Å². The van der Waals surface area contributed by atoms with Gasteiger partial charge in [-0.3, -0.25) is 0 Å². The van der Waals surface area contributed by atoms with Crippen LogP contribution >= 0.6 is 0 Å². The molecule has 1 aromatic carbocycles. The second kappa shape index (κ2) is 5.64. The molecule has 1 aliphatic rings. The average molecular weight is 232 g/mol. The van der Waals surface area contributed by atoms with E-state index in [4.69, 9.17) is 9.47 Å². The van der Waals surface area contributed by atoms with Crippen molar-refractivity contribution in [1.29, 1.82) is 0 Å². The fourth-order valence-corrected chi connectivity index (χ4v) is 1.43. The highest BCUT2D eigenvalue weighted by Crippen LogP contribution is 2.15. The van der Waals surface area contributed by atoms with E-state index in [0.29, 0.717) is 18.3 Å². The van der Waals surface area contributed by atoms with Crippen LogP contribution in [0.3, 0.4) is 0 Å². The van der Waals surface area contributed by atoms with Gasteiger partial charge in [-0.05, 0) is 18.9 Å². The molecule has 17 heavy (non-hydrogen) atoms. The van der Waals surface area contributed by atoms with Crippen molar-refractivity contribution in [3.63, 3.8) is 0 Å². The lowest BCUT2D eigenvalue weighted by molar-refractivity contribution is -0.140. The van der Waals surface area contributed by atoms with Gasteiger partial charge >= 0.3 is 5.97 Å². The highest BCUT2D eigenvalue weighted by atomic mass is 16.6. The highest BCUT2D eigenvalue weighted by molar-refractivity contribution is 5.87. The zero-order chi connectivity index (χ0) is 12.1. The summed E-state index contributed by atoms with van der Waals surface area (Å²) in [5, 5.41) is 0. The zero-order valence-electron chi connectivity index (χ0n) is 9.89. The highest BCUT2D eigenvalue weighted by Gasteiger charge is 2.21. The molecule has 0 bridgehead atoms. The molecular weight excluding hydrogens is 216 g/mol. The van der Waals surface area contributed by atoms with Crippen LogP contribution in [0.15, 0.2) is 42.0 Å². The molecule has 1 saturated heterocycles. The summed E-state index contributed by atoms with van der Waals surface area (Å²) in [5.41, 5.74) is 1.65. The average Bonchev–Trinajstić information content (AvgIpc) is 3.18. The van der Waals surface area contributed by atoms with Crippen LogP contribution < -0.4 is 0 Å². The Bertz CT molecular complexity index is 405. The minimum atomic E-state index is -0.255. The molecule has 1 aliphatic heterocycles. The first-order valence-electron chi connectivity index (χ1n) is 5.75. The van der Waals surface area contributed by atoms with Gasteiger partial charge in [-0.1, -0.05) is 36.4 Å². The predicted molar refractivity (Wildman–Crippen MR) is 64.4 cm³/mol. The fourth-order valence-electron chi connectivity index (χ4n) is 1.43. The van der Waals surface area contributed by atoms with E-state index in [1.807, 2.05) is 36.4 Å². The first-order chi connectivity index (χ1) is 8.25. The van der Waals surface area contributed by atoms with Crippen molar-refractivity contribution in [3.05, 3.63) is 47.5 Å². The summed E-state index contributed by atoms with van der Waals surface area (Å²) in [6.45, 7) is 2.91. The van der Waals surface area contributed by atoms with Gasteiger partial charge in [-0.25, -0.2) is 4.79 Å². The van der Waals surface area contributed by atoms with E-state index in [0.717, 1.165) is 18.6 Å². The van der Waals surface area contributed by atoms with Gasteiger partial charge in [-0.15, -0.1) is 0 Å². The Labute approximate surface area is 101 Å². The summed E-state index contributed by atoms with van der Waals surface area (Å²) in [6, 6.07) is 9.66. The van der Waals surface area contributed by atoms with Crippen LogP contribution in [-0.4, -0.2) is 18.7 Å². The maximum atomic E-state index is 11.6. The molecule has 0 saturated carbocycles. The van der Waals surface area contributed by atoms with Crippen molar-refractivity contribution in [3.8, 4) is 0 Å². The smallest absolute Gasteiger partial charge is 0.333 e. The Hall–Kier alpha value is -1.61. The van der Waals surface area contributed by atoms with Crippen LogP contribution in [0.1, 0.15) is 18.9 Å². The Kier molecular flexibility index (Phi) is 3.94. The monoisotopic (exact) mass is 232 g/mol. The molecule has 1 fully saturated rings. The van der Waals surface area contributed by atoms with Crippen molar-refractivity contribution in [2.45, 2.75) is 26.1 Å². The Morgan fingerprint density at radius 3 is 2.82 bits per heavy atom. The van der Waals surface area contributed by atoms with E-state index in [2.05, 4.69) is 0 Å². The molecule has 3 heteroatoms. The third kappa shape index (κ3) is 4.04. The third-order valence-corrected chi connectivity index (χ3v) is 2.62. The van der Waals surface area contributed by atoms with Crippen molar-refractivity contribution < 1.29 is 14.3 Å². The van der Waals surface area contributed by atoms with Crippen molar-refractivity contribution in [2.24, 2.45) is 0 Å². The minimum absolute atomic E-state index is 0.255. The normalized spacial score (nSPS) is 18.9. The van der Waals surface area contributed by atoms with E-state index in [9.17, 15) is 4.79 Å². The lowest BCUT2D eigenvalue weighted by Gasteiger charge is -2.04. The predicted octanol–water partition coefficient (Wildman–Crippen LogP) is 2.47. The molecule has 0 aromatic heterocycles. The number of carbonyl (C=O) groups excluding carboxylic acids is 1. The molecule has 90 valence electrons. The van der Waals surface area contributed by atoms with Gasteiger partial charge < -0.3 is 9.47 Å². The topological polar surface area (TPSA) is 38.8 Å². The van der Waals surface area contributed by atoms with Crippen LogP contribution in [-0.2, 0) is 20.9 Å². The third-order valence-electron chi connectivity index (χ3n) is 2.62. The molecule has 1 aromatic rings. The van der Waals surface area contributed by atoms with E-state index >= 15 is 0 Å². The molecule has 1 atom stereocenters. The van der Waals surface area contributed by atoms with E-state index in [-0.39, 0.29) is 5.97 Å². The summed E-state index contributed by atoms with van der Waals surface area (Å²) in [5.74, 6) is -0.255. The number of ether oxygens (including phenoxy) is 2. The van der Waals surface area contributed by atoms with Gasteiger partial charge in [0.05, 0.1) is 12.7 Å². The van der Waals surface area contributed by atoms with E-state index < -0.39 is 0 Å². The first kappa shape index (κ1) is 11.9. The molecule has 0 N–H and O–H groups in total. The summed E-state index contributed by atoms with van der Waals surface area (Å²) >= 11 is 0. The van der Waals surface area contributed by atoms with Crippen LogP contribution in [0.5, 0.6) is 0 Å². The fraction of sp³-hybridized carbons (Fsp3) is 0.357. The molecule has 1 unspecified atom stereocenters. The zero-order valence-corrected chi connectivity index (χ0v) is 9.89. The second-order valence-corrected chi connectivity index (χ2v) is 4.14. The first-order valence-corrected chi connectivity index (χ1v) is 5.75. The van der Waals surface area contributed by atoms with Crippen molar-refractivity contribution in [2.75, 3.05) is 6.61 Å². The van der Waals surface area contributed by atoms with Gasteiger partial charge in [-0.2, -0.15) is 0 Å². The summed E-state index contributed by atoms with van der Waals surface area (Å²) in [6.07, 6.45) is 2.99. The maximum Gasteiger partial charge on any atom is 0.333 e. The maximum absolute atomic E-state index is 11.6. The Balaban J connectivity index is 1.78. The van der Waals surface area contributed by atoms with Crippen LogP contribution in [0.4, 0.5) is 0 Å². The standard InChI is InChI=1S/C14H16O3/c1-11(7-8-13-10-16-13)14(15)17-9-12-5-3-2-4-6-12/h2-7,13H,8-10H2,1H3. The van der Waals surface area contributed by atoms with Gasteiger partial charge in [0.15, 0.2) is 0 Å². The number of epoxide rings is 1. The SMILES string of the molecule is CC(=CCC1CO1)C(=O)OCc1ccccc1. The van der Waals surface area contributed by atoms with Gasteiger partial charge in [0.25, 0.3) is 0 Å². The van der Waals surface area contributed by atoms with E-state index in [1.54, 1.807) is 6.92 Å². The lowest BCUT2D eigenvalue weighted by atomic mass is 10.2. The van der Waals surface area contributed by atoms with Gasteiger partial charge in [0, 0.05) is 5.57 Å². The number of benzene rings is 1. The van der Waals surface area contributed by atoms with Gasteiger partial charge in [0.1, 0.15) is 6.61 Å². The molecule has 0 amide bonds. The minimum Gasteiger partial charge on any atom is -0.457 e. The molecule has 1 heterocycles.